The maximum absolute atomic E-state index is 14.2. The highest BCUT2D eigenvalue weighted by atomic mass is 19.1. The van der Waals surface area contributed by atoms with Gasteiger partial charge < -0.3 is 9.84 Å². The van der Waals surface area contributed by atoms with Gasteiger partial charge in [-0.3, -0.25) is 14.6 Å². The molecule has 1 N–H and O–H groups in total. The number of carbonyl (C=O) groups is 2. The van der Waals surface area contributed by atoms with Crippen molar-refractivity contribution in [1.29, 1.82) is 0 Å². The monoisotopic (exact) mass is 398 g/mol. The van der Waals surface area contributed by atoms with Crippen molar-refractivity contribution in [3.8, 4) is 0 Å². The van der Waals surface area contributed by atoms with Gasteiger partial charge in [-0.25, -0.2) is 9.18 Å². The Labute approximate surface area is 168 Å². The SMILES string of the molecule is O=C(O)[C@@H]1COC2(CCN(Cc3ccccc3)CC2)N1C(=O)c1ccccc1F. The first-order valence-electron chi connectivity index (χ1n) is 9.71. The van der Waals surface area contributed by atoms with Crippen molar-refractivity contribution >= 4 is 11.9 Å². The van der Waals surface area contributed by atoms with E-state index in [-0.39, 0.29) is 12.2 Å². The lowest BCUT2D eigenvalue weighted by atomic mass is 9.96. The molecule has 6 nitrogen and oxygen atoms in total. The van der Waals surface area contributed by atoms with Crippen LogP contribution in [-0.4, -0.2) is 58.2 Å². The summed E-state index contributed by atoms with van der Waals surface area (Å²) >= 11 is 0. The predicted molar refractivity (Wildman–Crippen MR) is 104 cm³/mol. The number of aliphatic carboxylic acids is 1. The van der Waals surface area contributed by atoms with E-state index >= 15 is 0 Å². The number of carboxylic acid groups (broad SMARTS) is 1. The number of carboxylic acids is 1. The van der Waals surface area contributed by atoms with Crippen LogP contribution in [0, 0.1) is 5.82 Å². The first-order valence-corrected chi connectivity index (χ1v) is 9.71. The van der Waals surface area contributed by atoms with Gasteiger partial charge in [-0.15, -0.1) is 0 Å². The molecule has 1 spiro atoms. The highest BCUT2D eigenvalue weighted by molar-refractivity contribution is 5.97. The zero-order valence-corrected chi connectivity index (χ0v) is 16.0. The summed E-state index contributed by atoms with van der Waals surface area (Å²) in [5, 5.41) is 9.63. The zero-order valence-electron chi connectivity index (χ0n) is 16.0. The van der Waals surface area contributed by atoms with E-state index in [9.17, 15) is 19.1 Å². The second-order valence-electron chi connectivity index (χ2n) is 7.53. The van der Waals surface area contributed by atoms with Crippen molar-refractivity contribution in [3.63, 3.8) is 0 Å². The normalized spacial score (nSPS) is 21.4. The Bertz CT molecular complexity index is 897. The van der Waals surface area contributed by atoms with Gasteiger partial charge in [-0.1, -0.05) is 42.5 Å². The molecule has 2 aliphatic rings. The average Bonchev–Trinajstić information content (AvgIpc) is 3.10. The molecule has 2 aromatic carbocycles. The number of likely N-dealkylation sites (tertiary alicyclic amines) is 1. The van der Waals surface area contributed by atoms with Crippen LogP contribution in [-0.2, 0) is 16.1 Å². The van der Waals surface area contributed by atoms with Crippen LogP contribution in [0.1, 0.15) is 28.8 Å². The van der Waals surface area contributed by atoms with Crippen LogP contribution in [0.4, 0.5) is 4.39 Å². The van der Waals surface area contributed by atoms with Crippen molar-refractivity contribution in [2.75, 3.05) is 19.7 Å². The van der Waals surface area contributed by atoms with Crippen molar-refractivity contribution in [3.05, 3.63) is 71.5 Å². The third kappa shape index (κ3) is 3.75. The zero-order chi connectivity index (χ0) is 20.4. The first kappa shape index (κ1) is 19.5. The molecule has 2 fully saturated rings. The van der Waals surface area contributed by atoms with Gasteiger partial charge in [0.05, 0.1) is 12.2 Å². The lowest BCUT2D eigenvalue weighted by Crippen LogP contribution is -2.58. The summed E-state index contributed by atoms with van der Waals surface area (Å²) < 4.78 is 20.2. The number of benzene rings is 2. The summed E-state index contributed by atoms with van der Waals surface area (Å²) in [5.41, 5.74) is 0.0455. The van der Waals surface area contributed by atoms with E-state index in [1.54, 1.807) is 6.07 Å². The van der Waals surface area contributed by atoms with Crippen LogP contribution in [0.2, 0.25) is 0 Å². The van der Waals surface area contributed by atoms with Crippen LogP contribution < -0.4 is 0 Å². The van der Waals surface area contributed by atoms with Crippen LogP contribution in [0.5, 0.6) is 0 Å². The minimum Gasteiger partial charge on any atom is -0.480 e. The van der Waals surface area contributed by atoms with E-state index in [1.165, 1.54) is 28.7 Å². The summed E-state index contributed by atoms with van der Waals surface area (Å²) in [4.78, 5) is 28.5. The second kappa shape index (κ2) is 7.93. The molecule has 0 unspecified atom stereocenters. The molecule has 2 heterocycles. The molecule has 4 rings (SSSR count). The topological polar surface area (TPSA) is 70.1 Å². The third-order valence-electron chi connectivity index (χ3n) is 5.76. The van der Waals surface area contributed by atoms with E-state index in [4.69, 9.17) is 4.74 Å². The van der Waals surface area contributed by atoms with Crippen molar-refractivity contribution in [2.45, 2.75) is 31.2 Å². The summed E-state index contributed by atoms with van der Waals surface area (Å²) in [6.45, 7) is 2.00. The fraction of sp³-hybridized carbons (Fsp3) is 0.364. The third-order valence-corrected chi connectivity index (χ3v) is 5.76. The van der Waals surface area contributed by atoms with Gasteiger partial charge in [-0.2, -0.15) is 0 Å². The number of piperidine rings is 1. The number of amides is 1. The smallest absolute Gasteiger partial charge is 0.328 e. The minimum atomic E-state index is -1.14. The Kier molecular flexibility index (Phi) is 5.34. The molecule has 1 atom stereocenters. The van der Waals surface area contributed by atoms with E-state index in [0.717, 1.165) is 6.54 Å². The quantitative estimate of drug-likeness (QED) is 0.858. The highest BCUT2D eigenvalue weighted by Crippen LogP contribution is 2.39. The molecule has 1 amide bonds. The molecule has 2 aliphatic heterocycles. The molecule has 0 bridgehead atoms. The Morgan fingerprint density at radius 3 is 2.38 bits per heavy atom. The number of hydrogen-bond donors (Lipinski definition) is 1. The molecule has 0 aliphatic carbocycles. The number of halogens is 1. The second-order valence-corrected chi connectivity index (χ2v) is 7.53. The van der Waals surface area contributed by atoms with Gasteiger partial charge in [0.1, 0.15) is 11.5 Å². The molecule has 2 aromatic rings. The van der Waals surface area contributed by atoms with Crippen molar-refractivity contribution < 1.29 is 23.8 Å². The van der Waals surface area contributed by atoms with E-state index < -0.39 is 29.5 Å². The number of nitrogens with zero attached hydrogens (tertiary/aromatic N) is 2. The van der Waals surface area contributed by atoms with E-state index in [2.05, 4.69) is 17.0 Å². The molecule has 29 heavy (non-hydrogen) atoms. The standard InChI is InChI=1S/C22H23FN2O4/c23-18-9-5-4-8-17(18)20(26)25-19(21(27)28)15-29-22(25)10-12-24(13-11-22)14-16-6-2-1-3-7-16/h1-9,19H,10-15H2,(H,27,28)/t19-/m0/s1. The van der Waals surface area contributed by atoms with Crippen molar-refractivity contribution in [2.24, 2.45) is 0 Å². The lowest BCUT2D eigenvalue weighted by molar-refractivity contribution is -0.144. The summed E-state index contributed by atoms with van der Waals surface area (Å²) in [5.74, 6) is -2.44. The van der Waals surface area contributed by atoms with Crippen LogP contribution in [0.3, 0.4) is 0 Å². The maximum Gasteiger partial charge on any atom is 0.328 e. The molecule has 0 saturated carbocycles. The number of rotatable bonds is 4. The molecule has 2 saturated heterocycles. The maximum atomic E-state index is 14.2. The largest absolute Gasteiger partial charge is 0.480 e. The Morgan fingerprint density at radius 1 is 1.07 bits per heavy atom. The van der Waals surface area contributed by atoms with Crippen molar-refractivity contribution in [1.82, 2.24) is 9.80 Å². The van der Waals surface area contributed by atoms with E-state index in [0.29, 0.717) is 25.9 Å². The van der Waals surface area contributed by atoms with Crippen LogP contribution in [0.25, 0.3) is 0 Å². The fourth-order valence-corrected chi connectivity index (χ4v) is 4.22. The Morgan fingerprint density at radius 2 is 1.72 bits per heavy atom. The van der Waals surface area contributed by atoms with Gasteiger partial charge in [0.15, 0.2) is 6.04 Å². The molecular formula is C22H23FN2O4. The highest BCUT2D eigenvalue weighted by Gasteiger charge is 2.54. The van der Waals surface area contributed by atoms with Crippen LogP contribution >= 0.6 is 0 Å². The molecular weight excluding hydrogens is 375 g/mol. The predicted octanol–water partition coefficient (Wildman–Crippen LogP) is 2.74. The van der Waals surface area contributed by atoms with Gasteiger partial charge in [0.25, 0.3) is 5.91 Å². The van der Waals surface area contributed by atoms with Gasteiger partial charge in [0.2, 0.25) is 0 Å². The molecule has 0 radical (unpaired) electrons. The average molecular weight is 398 g/mol. The van der Waals surface area contributed by atoms with Gasteiger partial charge in [-0.05, 0) is 17.7 Å². The van der Waals surface area contributed by atoms with Gasteiger partial charge >= 0.3 is 5.97 Å². The number of carbonyl (C=O) groups excluding carboxylic acids is 1. The molecule has 0 aromatic heterocycles. The van der Waals surface area contributed by atoms with E-state index in [1.807, 2.05) is 18.2 Å². The summed E-state index contributed by atoms with van der Waals surface area (Å²) in [6, 6.07) is 14.6. The number of ether oxygens (including phenoxy) is 1. The minimum absolute atomic E-state index is 0.0891. The van der Waals surface area contributed by atoms with Gasteiger partial charge in [0, 0.05) is 32.5 Å². The summed E-state index contributed by atoms with van der Waals surface area (Å²) in [7, 11) is 0. The Balaban J connectivity index is 1.55. The first-order chi connectivity index (χ1) is 14.0. The molecule has 152 valence electrons. The lowest BCUT2D eigenvalue weighted by Gasteiger charge is -2.44. The number of hydrogen-bond acceptors (Lipinski definition) is 4. The molecule has 7 heteroatoms. The summed E-state index contributed by atoms with van der Waals surface area (Å²) in [6.07, 6.45) is 0.952. The fourth-order valence-electron chi connectivity index (χ4n) is 4.22. The Hall–Kier alpha value is -2.77. The van der Waals surface area contributed by atoms with Crippen LogP contribution in [0.15, 0.2) is 54.6 Å².